The van der Waals surface area contributed by atoms with E-state index in [0.717, 1.165) is 25.3 Å². The molecule has 0 aromatic heterocycles. The maximum Gasteiger partial charge on any atom is 0.0470 e. The number of nitrogens with one attached hydrogen (secondary N) is 1. The van der Waals surface area contributed by atoms with Crippen molar-refractivity contribution in [3.63, 3.8) is 0 Å². The predicted octanol–water partition coefficient (Wildman–Crippen LogP) is 2.53. The molecule has 1 N–H and O–H groups in total. The molecule has 2 nitrogen and oxygen atoms in total. The Kier molecular flexibility index (Phi) is 6.48. The molecule has 0 atom stereocenters. The molecule has 0 heterocycles. The molecule has 1 aromatic rings. The van der Waals surface area contributed by atoms with Crippen molar-refractivity contribution in [3.8, 4) is 0 Å². The van der Waals surface area contributed by atoms with Gasteiger partial charge in [-0.25, -0.2) is 0 Å². The number of ether oxygens (including phenoxy) is 1. The topological polar surface area (TPSA) is 21.3 Å². The fourth-order valence-corrected chi connectivity index (χ4v) is 2.35. The van der Waals surface area contributed by atoms with Gasteiger partial charge in [0.25, 0.3) is 0 Å². The van der Waals surface area contributed by atoms with E-state index >= 15 is 0 Å². The second-order valence-electron chi connectivity index (χ2n) is 3.33. The highest BCUT2D eigenvalue weighted by molar-refractivity contribution is 7.99. The van der Waals surface area contributed by atoms with Gasteiger partial charge in [0.1, 0.15) is 0 Å². The third-order valence-corrected chi connectivity index (χ3v) is 3.29. The van der Waals surface area contributed by atoms with Crippen molar-refractivity contribution in [2.75, 3.05) is 26.5 Å². The summed E-state index contributed by atoms with van der Waals surface area (Å²) in [6.07, 6.45) is 1.11. The van der Waals surface area contributed by atoms with Crippen LogP contribution in [0.15, 0.2) is 29.2 Å². The van der Waals surface area contributed by atoms with Crippen LogP contribution < -0.4 is 5.32 Å². The first-order chi connectivity index (χ1) is 7.38. The lowest BCUT2D eigenvalue weighted by Crippen LogP contribution is -2.06. The van der Waals surface area contributed by atoms with Crippen LogP contribution in [0.5, 0.6) is 0 Å². The lowest BCUT2D eigenvalue weighted by atomic mass is 10.2. The second kappa shape index (κ2) is 7.74. The summed E-state index contributed by atoms with van der Waals surface area (Å²) in [6.45, 7) is 1.79. The molecule has 0 spiro atoms. The van der Waals surface area contributed by atoms with E-state index in [1.54, 1.807) is 7.11 Å². The molecule has 0 saturated carbocycles. The van der Waals surface area contributed by atoms with Gasteiger partial charge in [-0.15, -0.1) is 11.8 Å². The Morgan fingerprint density at radius 3 is 2.87 bits per heavy atom. The summed E-state index contributed by atoms with van der Waals surface area (Å²) in [7, 11) is 3.73. The molecule has 0 unspecified atom stereocenters. The van der Waals surface area contributed by atoms with Crippen LogP contribution in [0.2, 0.25) is 0 Å². The Hall–Kier alpha value is -0.510. The average molecular weight is 225 g/mol. The Balaban J connectivity index is 2.44. The maximum absolute atomic E-state index is 5.03. The van der Waals surface area contributed by atoms with Crippen LogP contribution in [0.3, 0.4) is 0 Å². The first kappa shape index (κ1) is 12.6. The van der Waals surface area contributed by atoms with E-state index in [1.165, 1.54) is 10.5 Å². The molecule has 0 aliphatic heterocycles. The number of benzene rings is 1. The zero-order valence-electron chi connectivity index (χ0n) is 9.45. The van der Waals surface area contributed by atoms with Gasteiger partial charge in [-0.3, -0.25) is 0 Å². The number of methoxy groups -OCH3 is 1. The van der Waals surface area contributed by atoms with Crippen LogP contribution in [0, 0.1) is 0 Å². The smallest absolute Gasteiger partial charge is 0.0470 e. The molecule has 0 fully saturated rings. The van der Waals surface area contributed by atoms with Crippen LogP contribution in [-0.2, 0) is 11.3 Å². The van der Waals surface area contributed by atoms with Crippen LogP contribution in [-0.4, -0.2) is 26.5 Å². The summed E-state index contributed by atoms with van der Waals surface area (Å²) in [5.41, 5.74) is 1.38. The molecule has 0 amide bonds. The van der Waals surface area contributed by atoms with Crippen LogP contribution in [0.25, 0.3) is 0 Å². The van der Waals surface area contributed by atoms with Crippen molar-refractivity contribution < 1.29 is 4.74 Å². The first-order valence-electron chi connectivity index (χ1n) is 5.22. The van der Waals surface area contributed by atoms with Gasteiger partial charge in [0.2, 0.25) is 0 Å². The fraction of sp³-hybridized carbons (Fsp3) is 0.500. The Morgan fingerprint density at radius 2 is 2.13 bits per heavy atom. The van der Waals surface area contributed by atoms with Crippen molar-refractivity contribution in [1.82, 2.24) is 5.32 Å². The summed E-state index contributed by atoms with van der Waals surface area (Å²) in [5.74, 6) is 1.12. The molecular formula is C12H19NOS. The van der Waals surface area contributed by atoms with Gasteiger partial charge < -0.3 is 10.1 Å². The van der Waals surface area contributed by atoms with Crippen LogP contribution in [0.1, 0.15) is 12.0 Å². The van der Waals surface area contributed by atoms with Gasteiger partial charge in [0, 0.05) is 30.9 Å². The largest absolute Gasteiger partial charge is 0.385 e. The first-order valence-corrected chi connectivity index (χ1v) is 6.21. The molecule has 0 aliphatic rings. The van der Waals surface area contributed by atoms with Crippen molar-refractivity contribution in [2.24, 2.45) is 0 Å². The zero-order chi connectivity index (χ0) is 10.9. The normalized spacial score (nSPS) is 10.5. The van der Waals surface area contributed by atoms with Crippen molar-refractivity contribution in [2.45, 2.75) is 17.9 Å². The lowest BCUT2D eigenvalue weighted by Gasteiger charge is -2.08. The second-order valence-corrected chi connectivity index (χ2v) is 4.47. The van der Waals surface area contributed by atoms with E-state index in [1.807, 2.05) is 18.8 Å². The minimum absolute atomic E-state index is 0.848. The van der Waals surface area contributed by atoms with E-state index in [4.69, 9.17) is 4.74 Å². The Labute approximate surface area is 96.4 Å². The van der Waals surface area contributed by atoms with Gasteiger partial charge in [0.15, 0.2) is 0 Å². The third-order valence-electron chi connectivity index (χ3n) is 2.09. The van der Waals surface area contributed by atoms with Gasteiger partial charge in [0.05, 0.1) is 0 Å². The highest BCUT2D eigenvalue weighted by Gasteiger charge is 2.00. The molecule has 0 radical (unpaired) electrons. The number of thioether (sulfide) groups is 1. The molecule has 0 saturated heterocycles. The van der Waals surface area contributed by atoms with E-state index in [9.17, 15) is 0 Å². The highest BCUT2D eigenvalue weighted by atomic mass is 32.2. The van der Waals surface area contributed by atoms with E-state index < -0.39 is 0 Å². The molecule has 0 bridgehead atoms. The van der Waals surface area contributed by atoms with Crippen LogP contribution >= 0.6 is 11.8 Å². The molecule has 15 heavy (non-hydrogen) atoms. The summed E-state index contributed by atoms with van der Waals surface area (Å²) in [4.78, 5) is 1.38. The maximum atomic E-state index is 5.03. The Morgan fingerprint density at radius 1 is 1.33 bits per heavy atom. The fourth-order valence-electron chi connectivity index (χ4n) is 1.37. The lowest BCUT2D eigenvalue weighted by molar-refractivity contribution is 0.200. The molecule has 84 valence electrons. The standard InChI is InChI=1S/C12H19NOS/c1-13-10-11-6-3-4-7-12(11)15-9-5-8-14-2/h3-4,6-7,13H,5,8-10H2,1-2H3. The number of hydrogen-bond acceptors (Lipinski definition) is 3. The quantitative estimate of drug-likeness (QED) is 0.569. The Bertz CT molecular complexity index is 278. The average Bonchev–Trinajstić information content (AvgIpc) is 2.27. The van der Waals surface area contributed by atoms with Crippen molar-refractivity contribution in [3.05, 3.63) is 29.8 Å². The summed E-state index contributed by atoms with van der Waals surface area (Å²) >= 11 is 1.91. The third kappa shape index (κ3) is 4.69. The minimum atomic E-state index is 0.848. The number of rotatable bonds is 7. The van der Waals surface area contributed by atoms with Gasteiger partial charge in [-0.2, -0.15) is 0 Å². The van der Waals surface area contributed by atoms with Crippen molar-refractivity contribution >= 4 is 11.8 Å². The van der Waals surface area contributed by atoms with Gasteiger partial charge in [-0.05, 0) is 25.1 Å². The molecule has 1 rings (SSSR count). The summed E-state index contributed by atoms with van der Waals surface area (Å²) in [5, 5.41) is 3.19. The summed E-state index contributed by atoms with van der Waals surface area (Å²) in [6, 6.07) is 8.54. The van der Waals surface area contributed by atoms with E-state index in [-0.39, 0.29) is 0 Å². The van der Waals surface area contributed by atoms with Gasteiger partial charge in [-0.1, -0.05) is 18.2 Å². The van der Waals surface area contributed by atoms with Crippen LogP contribution in [0.4, 0.5) is 0 Å². The molecule has 3 heteroatoms. The minimum Gasteiger partial charge on any atom is -0.385 e. The van der Waals surface area contributed by atoms with E-state index in [0.29, 0.717) is 0 Å². The summed E-state index contributed by atoms with van der Waals surface area (Å²) < 4.78 is 5.03. The monoisotopic (exact) mass is 225 g/mol. The van der Waals surface area contributed by atoms with Gasteiger partial charge >= 0.3 is 0 Å². The SMILES string of the molecule is CNCc1ccccc1SCCCOC. The van der Waals surface area contributed by atoms with Crippen molar-refractivity contribution in [1.29, 1.82) is 0 Å². The number of hydrogen-bond donors (Lipinski definition) is 1. The predicted molar refractivity (Wildman–Crippen MR) is 66.4 cm³/mol. The molecule has 0 aliphatic carbocycles. The molecule has 1 aromatic carbocycles. The zero-order valence-corrected chi connectivity index (χ0v) is 10.3. The molecular weight excluding hydrogens is 206 g/mol. The highest BCUT2D eigenvalue weighted by Crippen LogP contribution is 2.22. The van der Waals surface area contributed by atoms with E-state index in [2.05, 4.69) is 29.6 Å².